The number of benzene rings is 1. The standard InChI is InChI=1S/C9H4ClF3N2O/c10-8-4(12)1-3(11)7(9(8)13)5-2-6(14)16-15-5/h1-2H,14H2. The van der Waals surface area contributed by atoms with Gasteiger partial charge in [0, 0.05) is 12.1 Å². The average molecular weight is 249 g/mol. The van der Waals surface area contributed by atoms with E-state index in [1.165, 1.54) is 0 Å². The first-order valence-corrected chi connectivity index (χ1v) is 4.44. The molecule has 0 bridgehead atoms. The van der Waals surface area contributed by atoms with Crippen LogP contribution in [0.5, 0.6) is 0 Å². The molecule has 7 heteroatoms. The molecule has 0 aliphatic carbocycles. The highest BCUT2D eigenvalue weighted by atomic mass is 35.5. The van der Waals surface area contributed by atoms with Crippen LogP contribution in [0.25, 0.3) is 11.3 Å². The van der Waals surface area contributed by atoms with Crippen molar-refractivity contribution in [2.24, 2.45) is 0 Å². The van der Waals surface area contributed by atoms with E-state index in [2.05, 4.69) is 9.68 Å². The maximum Gasteiger partial charge on any atom is 0.222 e. The van der Waals surface area contributed by atoms with Gasteiger partial charge in [-0.3, -0.25) is 0 Å². The molecule has 0 unspecified atom stereocenters. The molecular formula is C9H4ClF3N2O. The molecule has 0 saturated carbocycles. The normalized spacial score (nSPS) is 10.8. The van der Waals surface area contributed by atoms with Gasteiger partial charge in [-0.1, -0.05) is 16.8 Å². The molecule has 0 amide bonds. The van der Waals surface area contributed by atoms with Crippen LogP contribution in [0.2, 0.25) is 5.02 Å². The van der Waals surface area contributed by atoms with Gasteiger partial charge in [-0.15, -0.1) is 0 Å². The number of halogens is 4. The second-order valence-electron chi connectivity index (χ2n) is 2.96. The van der Waals surface area contributed by atoms with Crippen LogP contribution < -0.4 is 5.73 Å². The maximum absolute atomic E-state index is 13.5. The smallest absolute Gasteiger partial charge is 0.222 e. The van der Waals surface area contributed by atoms with Crippen LogP contribution in [0.3, 0.4) is 0 Å². The fraction of sp³-hybridized carbons (Fsp3) is 0. The predicted molar refractivity (Wildman–Crippen MR) is 51.2 cm³/mol. The molecule has 3 nitrogen and oxygen atoms in total. The van der Waals surface area contributed by atoms with E-state index in [1.54, 1.807) is 0 Å². The molecule has 1 heterocycles. The molecule has 0 spiro atoms. The Kier molecular flexibility index (Phi) is 2.51. The molecule has 0 fully saturated rings. The van der Waals surface area contributed by atoms with Crippen molar-refractivity contribution >= 4 is 17.5 Å². The second kappa shape index (κ2) is 3.71. The molecular weight excluding hydrogens is 245 g/mol. The number of anilines is 1. The van der Waals surface area contributed by atoms with Crippen LogP contribution in [0.4, 0.5) is 19.1 Å². The average Bonchev–Trinajstić information content (AvgIpc) is 2.61. The topological polar surface area (TPSA) is 52.0 Å². The summed E-state index contributed by atoms with van der Waals surface area (Å²) < 4.78 is 44.1. The summed E-state index contributed by atoms with van der Waals surface area (Å²) in [6, 6.07) is 1.57. The van der Waals surface area contributed by atoms with E-state index in [1.807, 2.05) is 0 Å². The maximum atomic E-state index is 13.5. The van der Waals surface area contributed by atoms with Crippen molar-refractivity contribution in [3.63, 3.8) is 0 Å². The Morgan fingerprint density at radius 2 is 1.88 bits per heavy atom. The highest BCUT2D eigenvalue weighted by molar-refractivity contribution is 6.31. The lowest BCUT2D eigenvalue weighted by Gasteiger charge is -2.03. The first-order valence-electron chi connectivity index (χ1n) is 4.06. The van der Waals surface area contributed by atoms with Crippen LogP contribution >= 0.6 is 11.6 Å². The van der Waals surface area contributed by atoms with Gasteiger partial charge >= 0.3 is 0 Å². The Morgan fingerprint density at radius 3 is 2.44 bits per heavy atom. The number of nitrogens with zero attached hydrogens (tertiary/aromatic N) is 1. The number of hydrogen-bond acceptors (Lipinski definition) is 3. The van der Waals surface area contributed by atoms with Gasteiger partial charge in [0.2, 0.25) is 5.88 Å². The highest BCUT2D eigenvalue weighted by Crippen LogP contribution is 2.32. The predicted octanol–water partition coefficient (Wildman–Crippen LogP) is 2.99. The summed E-state index contributed by atoms with van der Waals surface area (Å²) in [4.78, 5) is 0. The number of aromatic nitrogens is 1. The zero-order valence-corrected chi connectivity index (χ0v) is 8.36. The van der Waals surface area contributed by atoms with Crippen molar-refractivity contribution in [1.29, 1.82) is 0 Å². The number of rotatable bonds is 1. The zero-order chi connectivity index (χ0) is 11.9. The number of nitrogen functional groups attached to an aromatic ring is 1. The van der Waals surface area contributed by atoms with E-state index in [9.17, 15) is 13.2 Å². The van der Waals surface area contributed by atoms with E-state index < -0.39 is 28.0 Å². The molecule has 16 heavy (non-hydrogen) atoms. The van der Waals surface area contributed by atoms with Crippen molar-refractivity contribution in [2.45, 2.75) is 0 Å². The minimum atomic E-state index is -1.24. The molecule has 2 rings (SSSR count). The van der Waals surface area contributed by atoms with Gasteiger partial charge in [-0.2, -0.15) is 0 Å². The quantitative estimate of drug-likeness (QED) is 0.623. The summed E-state index contributed by atoms with van der Waals surface area (Å²) in [5.41, 5.74) is 4.44. The summed E-state index contributed by atoms with van der Waals surface area (Å²) in [5, 5.41) is 2.51. The lowest BCUT2D eigenvalue weighted by Crippen LogP contribution is -1.94. The highest BCUT2D eigenvalue weighted by Gasteiger charge is 2.21. The minimum absolute atomic E-state index is 0.116. The fourth-order valence-corrected chi connectivity index (χ4v) is 1.36. The molecule has 2 N–H and O–H groups in total. The van der Waals surface area contributed by atoms with Gasteiger partial charge in [0.15, 0.2) is 5.82 Å². The third-order valence-electron chi connectivity index (χ3n) is 1.90. The zero-order valence-electron chi connectivity index (χ0n) is 7.60. The first-order chi connectivity index (χ1) is 7.50. The van der Waals surface area contributed by atoms with E-state index in [0.717, 1.165) is 6.07 Å². The Bertz CT molecular complexity index is 556. The fourth-order valence-electron chi connectivity index (χ4n) is 1.21. The van der Waals surface area contributed by atoms with Gasteiger partial charge in [0.1, 0.15) is 22.4 Å². The van der Waals surface area contributed by atoms with Gasteiger partial charge in [0.05, 0.1) is 5.56 Å². The van der Waals surface area contributed by atoms with Gasteiger partial charge in [-0.25, -0.2) is 13.2 Å². The summed E-state index contributed by atoms with van der Waals surface area (Å²) >= 11 is 5.31. The van der Waals surface area contributed by atoms with Crippen molar-refractivity contribution in [3.8, 4) is 11.3 Å². The monoisotopic (exact) mass is 248 g/mol. The van der Waals surface area contributed by atoms with Crippen LogP contribution in [0, 0.1) is 17.5 Å². The SMILES string of the molecule is Nc1cc(-c2c(F)cc(F)c(Cl)c2F)no1. The Morgan fingerprint density at radius 1 is 1.19 bits per heavy atom. The lowest BCUT2D eigenvalue weighted by molar-refractivity contribution is 0.437. The van der Waals surface area contributed by atoms with E-state index in [4.69, 9.17) is 17.3 Å². The van der Waals surface area contributed by atoms with Crippen LogP contribution in [0.15, 0.2) is 16.7 Å². The van der Waals surface area contributed by atoms with Crippen LogP contribution in [0.1, 0.15) is 0 Å². The van der Waals surface area contributed by atoms with Gasteiger partial charge in [-0.05, 0) is 0 Å². The largest absolute Gasteiger partial charge is 0.368 e. The minimum Gasteiger partial charge on any atom is -0.368 e. The van der Waals surface area contributed by atoms with Crippen LogP contribution in [-0.4, -0.2) is 5.16 Å². The molecule has 0 aliphatic heterocycles. The molecule has 0 aliphatic rings. The second-order valence-corrected chi connectivity index (χ2v) is 3.34. The summed E-state index contributed by atoms with van der Waals surface area (Å²) in [7, 11) is 0. The van der Waals surface area contributed by atoms with E-state index in [-0.39, 0.29) is 11.6 Å². The Balaban J connectivity index is 2.70. The van der Waals surface area contributed by atoms with Crippen molar-refractivity contribution in [3.05, 3.63) is 34.6 Å². The Hall–Kier alpha value is -1.69. The lowest BCUT2D eigenvalue weighted by atomic mass is 10.1. The Labute approximate surface area is 92.6 Å². The van der Waals surface area contributed by atoms with E-state index >= 15 is 0 Å². The van der Waals surface area contributed by atoms with Crippen molar-refractivity contribution < 1.29 is 17.7 Å². The molecule has 1 aromatic carbocycles. The van der Waals surface area contributed by atoms with Gasteiger partial charge in [0.25, 0.3) is 0 Å². The number of nitrogens with two attached hydrogens (primary N) is 1. The van der Waals surface area contributed by atoms with E-state index in [0.29, 0.717) is 6.07 Å². The van der Waals surface area contributed by atoms with Crippen molar-refractivity contribution in [1.82, 2.24) is 5.16 Å². The molecule has 84 valence electrons. The molecule has 1 aromatic heterocycles. The summed E-state index contributed by atoms with van der Waals surface area (Å²) in [6.07, 6.45) is 0. The van der Waals surface area contributed by atoms with Crippen molar-refractivity contribution in [2.75, 3.05) is 5.73 Å². The summed E-state index contributed by atoms with van der Waals surface area (Å²) in [5.74, 6) is -3.67. The third-order valence-corrected chi connectivity index (χ3v) is 2.25. The molecule has 0 atom stereocenters. The first kappa shape index (κ1) is 10.8. The third kappa shape index (κ3) is 1.61. The molecule has 2 aromatic rings. The van der Waals surface area contributed by atoms with Crippen LogP contribution in [-0.2, 0) is 0 Å². The molecule has 0 radical (unpaired) electrons. The number of hydrogen-bond donors (Lipinski definition) is 1. The molecule has 0 saturated heterocycles. The summed E-state index contributed by atoms with van der Waals surface area (Å²) in [6.45, 7) is 0. The van der Waals surface area contributed by atoms with Gasteiger partial charge < -0.3 is 10.3 Å².